The van der Waals surface area contributed by atoms with E-state index < -0.39 is 5.97 Å². The molecule has 98 valence electrons. The first kappa shape index (κ1) is 13.4. The Kier molecular flexibility index (Phi) is 4.74. The van der Waals surface area contributed by atoms with E-state index in [9.17, 15) is 4.79 Å². The lowest BCUT2D eigenvalue weighted by Crippen LogP contribution is -2.05. The van der Waals surface area contributed by atoms with Crippen LogP contribution in [-0.4, -0.2) is 27.5 Å². The van der Waals surface area contributed by atoms with Gasteiger partial charge in [0, 0.05) is 17.8 Å². The molecule has 0 aliphatic carbocycles. The van der Waals surface area contributed by atoms with Gasteiger partial charge in [-0.1, -0.05) is 19.1 Å². The minimum absolute atomic E-state index is 0.269. The molecule has 2 aromatic heterocycles. The number of esters is 1. The summed E-state index contributed by atoms with van der Waals surface area (Å²) in [5.74, 6) is -0.424. The molecule has 0 aromatic carbocycles. The van der Waals surface area contributed by atoms with Crippen LogP contribution in [0.25, 0.3) is 10.7 Å². The van der Waals surface area contributed by atoms with Crippen LogP contribution in [0.1, 0.15) is 23.8 Å². The molecule has 0 radical (unpaired) electrons. The average Bonchev–Trinajstić information content (AvgIpc) is 2.94. The number of ether oxygens (including phenoxy) is 1. The normalized spacial score (nSPS) is 10.8. The van der Waals surface area contributed by atoms with Crippen molar-refractivity contribution >= 4 is 17.3 Å². The van der Waals surface area contributed by atoms with Crippen molar-refractivity contribution in [3.63, 3.8) is 0 Å². The first-order chi connectivity index (χ1) is 9.31. The zero-order valence-electron chi connectivity index (χ0n) is 10.4. The van der Waals surface area contributed by atoms with Crippen LogP contribution >= 0.6 is 11.3 Å². The fourth-order valence-corrected chi connectivity index (χ4v) is 2.08. The quantitative estimate of drug-likeness (QED) is 0.620. The van der Waals surface area contributed by atoms with Gasteiger partial charge in [0.1, 0.15) is 17.3 Å². The number of thiazole rings is 1. The van der Waals surface area contributed by atoms with Crippen molar-refractivity contribution in [2.24, 2.45) is 0 Å². The standard InChI is InChI=1S/C13H13N3O2S/c1-2-3-4-7-18-13(17)11-9-19-12(16-11)10-8-14-5-6-15-10/h3-6,8-9H,2,7H2,1H3/b4-3-. The van der Waals surface area contributed by atoms with Gasteiger partial charge in [-0.3, -0.25) is 9.97 Å². The molecule has 5 nitrogen and oxygen atoms in total. The van der Waals surface area contributed by atoms with Crippen LogP contribution in [0.4, 0.5) is 0 Å². The maximum atomic E-state index is 11.7. The summed E-state index contributed by atoms with van der Waals surface area (Å²) < 4.78 is 5.06. The first-order valence-electron chi connectivity index (χ1n) is 5.85. The largest absolute Gasteiger partial charge is 0.457 e. The molecule has 0 fully saturated rings. The van der Waals surface area contributed by atoms with Gasteiger partial charge in [-0.2, -0.15) is 0 Å². The van der Waals surface area contributed by atoms with Crippen molar-refractivity contribution in [1.82, 2.24) is 15.0 Å². The number of aromatic nitrogens is 3. The highest BCUT2D eigenvalue weighted by Gasteiger charge is 2.13. The van der Waals surface area contributed by atoms with Crippen LogP contribution in [0, 0.1) is 0 Å². The summed E-state index contributed by atoms with van der Waals surface area (Å²) in [7, 11) is 0. The fourth-order valence-electron chi connectivity index (χ4n) is 1.33. The number of allylic oxidation sites excluding steroid dienone is 1. The second kappa shape index (κ2) is 6.75. The van der Waals surface area contributed by atoms with Crippen LogP contribution in [-0.2, 0) is 4.74 Å². The Morgan fingerprint density at radius 3 is 3.05 bits per heavy atom. The molecule has 2 aromatic rings. The molecule has 0 saturated carbocycles. The molecule has 19 heavy (non-hydrogen) atoms. The summed E-state index contributed by atoms with van der Waals surface area (Å²) in [6.07, 6.45) is 9.47. The summed E-state index contributed by atoms with van der Waals surface area (Å²) >= 11 is 1.34. The van der Waals surface area contributed by atoms with Gasteiger partial charge in [0.25, 0.3) is 0 Å². The molecule has 0 amide bonds. The van der Waals surface area contributed by atoms with Crippen LogP contribution in [0.15, 0.2) is 36.1 Å². The summed E-state index contributed by atoms with van der Waals surface area (Å²) in [5.41, 5.74) is 0.952. The molecule has 0 N–H and O–H groups in total. The maximum Gasteiger partial charge on any atom is 0.358 e. The topological polar surface area (TPSA) is 65.0 Å². The van der Waals surface area contributed by atoms with Gasteiger partial charge in [-0.05, 0) is 6.42 Å². The molecule has 0 aliphatic heterocycles. The van der Waals surface area contributed by atoms with Crippen LogP contribution in [0.5, 0.6) is 0 Å². The number of rotatable bonds is 5. The van der Waals surface area contributed by atoms with Crippen molar-refractivity contribution in [2.45, 2.75) is 13.3 Å². The predicted molar refractivity (Wildman–Crippen MR) is 72.9 cm³/mol. The lowest BCUT2D eigenvalue weighted by molar-refractivity contribution is 0.0543. The second-order valence-electron chi connectivity index (χ2n) is 3.61. The zero-order chi connectivity index (χ0) is 13.5. The Morgan fingerprint density at radius 1 is 1.42 bits per heavy atom. The van der Waals surface area contributed by atoms with Crippen molar-refractivity contribution in [1.29, 1.82) is 0 Å². The van der Waals surface area contributed by atoms with Crippen molar-refractivity contribution in [3.8, 4) is 10.7 Å². The third kappa shape index (κ3) is 3.69. The van der Waals surface area contributed by atoms with Gasteiger partial charge in [0.2, 0.25) is 0 Å². The monoisotopic (exact) mass is 275 g/mol. The van der Waals surface area contributed by atoms with Crippen molar-refractivity contribution < 1.29 is 9.53 Å². The van der Waals surface area contributed by atoms with Gasteiger partial charge in [-0.25, -0.2) is 9.78 Å². The Morgan fingerprint density at radius 2 is 2.32 bits per heavy atom. The van der Waals surface area contributed by atoms with E-state index in [-0.39, 0.29) is 6.61 Å². The molecular formula is C13H13N3O2S. The molecule has 0 bridgehead atoms. The molecule has 0 aliphatic rings. The molecule has 0 spiro atoms. The molecule has 2 rings (SSSR count). The number of carbonyl (C=O) groups is 1. The summed E-state index contributed by atoms with van der Waals surface area (Å²) in [5, 5.41) is 2.32. The van der Waals surface area contributed by atoms with Crippen LogP contribution < -0.4 is 0 Å². The lowest BCUT2D eigenvalue weighted by atomic mass is 10.4. The fraction of sp³-hybridized carbons (Fsp3) is 0.231. The third-order valence-electron chi connectivity index (χ3n) is 2.21. The number of nitrogens with zero attached hydrogens (tertiary/aromatic N) is 3. The SMILES string of the molecule is CC/C=C\COC(=O)c1csc(-c2cnccn2)n1. The molecule has 0 atom stereocenters. The van der Waals surface area contributed by atoms with Gasteiger partial charge in [0.05, 0.1) is 6.20 Å². The van der Waals surface area contributed by atoms with E-state index in [2.05, 4.69) is 15.0 Å². The van der Waals surface area contributed by atoms with E-state index in [0.717, 1.165) is 6.42 Å². The molecule has 0 saturated heterocycles. The van der Waals surface area contributed by atoms with E-state index in [1.54, 1.807) is 24.0 Å². The van der Waals surface area contributed by atoms with Gasteiger partial charge in [0.15, 0.2) is 5.69 Å². The lowest BCUT2D eigenvalue weighted by Gasteiger charge is -1.97. The van der Waals surface area contributed by atoms with Gasteiger partial charge < -0.3 is 4.74 Å². The maximum absolute atomic E-state index is 11.7. The van der Waals surface area contributed by atoms with Crippen LogP contribution in [0.3, 0.4) is 0 Å². The van der Waals surface area contributed by atoms with Crippen molar-refractivity contribution in [2.75, 3.05) is 6.61 Å². The second-order valence-corrected chi connectivity index (χ2v) is 4.46. The van der Waals surface area contributed by atoms with E-state index in [1.165, 1.54) is 11.3 Å². The summed E-state index contributed by atoms with van der Waals surface area (Å²) in [6.45, 7) is 2.29. The van der Waals surface area contributed by atoms with E-state index in [1.807, 2.05) is 19.1 Å². The average molecular weight is 275 g/mol. The summed E-state index contributed by atoms with van der Waals surface area (Å²) in [6, 6.07) is 0. The van der Waals surface area contributed by atoms with E-state index in [0.29, 0.717) is 16.4 Å². The van der Waals surface area contributed by atoms with Gasteiger partial charge >= 0.3 is 5.97 Å². The number of hydrogen-bond acceptors (Lipinski definition) is 6. The molecule has 0 unspecified atom stereocenters. The first-order valence-corrected chi connectivity index (χ1v) is 6.73. The number of carbonyl (C=O) groups excluding carboxylic acids is 1. The molecule has 6 heteroatoms. The Labute approximate surface area is 115 Å². The van der Waals surface area contributed by atoms with Crippen molar-refractivity contribution in [3.05, 3.63) is 41.8 Å². The predicted octanol–water partition coefficient (Wildman–Crippen LogP) is 2.72. The van der Waals surface area contributed by atoms with Crippen LogP contribution in [0.2, 0.25) is 0 Å². The minimum Gasteiger partial charge on any atom is -0.457 e. The smallest absolute Gasteiger partial charge is 0.358 e. The molecular weight excluding hydrogens is 262 g/mol. The summed E-state index contributed by atoms with van der Waals surface area (Å²) in [4.78, 5) is 24.0. The highest BCUT2D eigenvalue weighted by atomic mass is 32.1. The van der Waals surface area contributed by atoms with E-state index >= 15 is 0 Å². The Bertz CT molecular complexity index is 566. The number of hydrogen-bond donors (Lipinski definition) is 0. The third-order valence-corrected chi connectivity index (χ3v) is 3.07. The van der Waals surface area contributed by atoms with Gasteiger partial charge in [-0.15, -0.1) is 11.3 Å². The zero-order valence-corrected chi connectivity index (χ0v) is 11.3. The van der Waals surface area contributed by atoms with E-state index in [4.69, 9.17) is 4.74 Å². The molecule has 2 heterocycles. The highest BCUT2D eigenvalue weighted by molar-refractivity contribution is 7.13. The Balaban J connectivity index is 2.01. The Hall–Kier alpha value is -2.08. The minimum atomic E-state index is -0.424. The highest BCUT2D eigenvalue weighted by Crippen LogP contribution is 2.20.